The first-order valence-corrected chi connectivity index (χ1v) is 9.15. The first-order chi connectivity index (χ1) is 10.3. The molecular formula is C16H26N4S. The van der Waals surface area contributed by atoms with E-state index >= 15 is 0 Å². The number of nitrogens with zero attached hydrogens (tertiary/aromatic N) is 3. The zero-order chi connectivity index (χ0) is 14.5. The highest BCUT2D eigenvalue weighted by Crippen LogP contribution is 2.35. The molecule has 1 N–H and O–H groups in total. The molecule has 21 heavy (non-hydrogen) atoms. The number of aromatic nitrogens is 2. The van der Waals surface area contributed by atoms with Crippen LogP contribution in [0.1, 0.15) is 38.2 Å². The summed E-state index contributed by atoms with van der Waals surface area (Å²) < 4.78 is 0. The van der Waals surface area contributed by atoms with Gasteiger partial charge in [-0.2, -0.15) is 0 Å². The molecule has 0 aliphatic carbocycles. The zero-order valence-electron chi connectivity index (χ0n) is 13.0. The Bertz CT molecular complexity index is 442. The minimum Gasteiger partial charge on any atom is -0.316 e. The van der Waals surface area contributed by atoms with Crippen LogP contribution in [0, 0.1) is 5.41 Å². The molecule has 0 aromatic carbocycles. The largest absolute Gasteiger partial charge is 0.316 e. The lowest BCUT2D eigenvalue weighted by Gasteiger charge is -2.40. The maximum Gasteiger partial charge on any atom is 0.187 e. The molecule has 0 radical (unpaired) electrons. The van der Waals surface area contributed by atoms with Gasteiger partial charge < -0.3 is 5.32 Å². The molecule has 2 aliphatic rings. The van der Waals surface area contributed by atoms with Crippen LogP contribution < -0.4 is 5.32 Å². The maximum absolute atomic E-state index is 4.48. The van der Waals surface area contributed by atoms with Gasteiger partial charge >= 0.3 is 0 Å². The van der Waals surface area contributed by atoms with Gasteiger partial charge in [-0.15, -0.1) is 0 Å². The third kappa shape index (κ3) is 3.96. The van der Waals surface area contributed by atoms with Gasteiger partial charge in [0.2, 0.25) is 0 Å². The summed E-state index contributed by atoms with van der Waals surface area (Å²) in [5.74, 6) is 1.10. The number of hydrogen-bond acceptors (Lipinski definition) is 5. The molecule has 4 nitrogen and oxygen atoms in total. The van der Waals surface area contributed by atoms with Gasteiger partial charge in [0.15, 0.2) is 5.16 Å². The number of piperidine rings is 1. The first kappa shape index (κ1) is 15.3. The molecule has 3 rings (SSSR count). The van der Waals surface area contributed by atoms with Crippen molar-refractivity contribution in [3.8, 4) is 0 Å². The third-order valence-corrected chi connectivity index (χ3v) is 5.68. The van der Waals surface area contributed by atoms with Crippen molar-refractivity contribution >= 4 is 11.8 Å². The van der Waals surface area contributed by atoms with Crippen LogP contribution in [0.3, 0.4) is 0 Å². The van der Waals surface area contributed by atoms with Gasteiger partial charge in [-0.05, 0) is 44.2 Å². The summed E-state index contributed by atoms with van der Waals surface area (Å²) in [5.41, 5.74) is 1.79. The Morgan fingerprint density at radius 2 is 2.19 bits per heavy atom. The lowest BCUT2D eigenvalue weighted by molar-refractivity contribution is 0.0976. The molecule has 5 heteroatoms. The average molecular weight is 306 g/mol. The van der Waals surface area contributed by atoms with Gasteiger partial charge in [0, 0.05) is 43.3 Å². The Morgan fingerprint density at radius 3 is 2.90 bits per heavy atom. The van der Waals surface area contributed by atoms with E-state index < -0.39 is 0 Å². The minimum atomic E-state index is 0.538. The van der Waals surface area contributed by atoms with E-state index in [4.69, 9.17) is 0 Å². The summed E-state index contributed by atoms with van der Waals surface area (Å²) in [5, 5.41) is 4.45. The number of thioether (sulfide) groups is 1. The van der Waals surface area contributed by atoms with Crippen LogP contribution in [0.15, 0.2) is 17.6 Å². The van der Waals surface area contributed by atoms with E-state index in [2.05, 4.69) is 27.1 Å². The van der Waals surface area contributed by atoms with Crippen LogP contribution in [0.25, 0.3) is 0 Å². The van der Waals surface area contributed by atoms with E-state index in [9.17, 15) is 0 Å². The van der Waals surface area contributed by atoms with Gasteiger partial charge in [0.25, 0.3) is 0 Å². The molecule has 0 saturated carbocycles. The fraction of sp³-hybridized carbons (Fsp3) is 0.750. The molecule has 0 unspecified atom stereocenters. The second-order valence-corrected chi connectivity index (χ2v) is 7.53. The summed E-state index contributed by atoms with van der Waals surface area (Å²) in [4.78, 5) is 11.6. The van der Waals surface area contributed by atoms with E-state index in [0.717, 1.165) is 17.5 Å². The summed E-state index contributed by atoms with van der Waals surface area (Å²) in [6, 6.07) is 0. The van der Waals surface area contributed by atoms with Crippen LogP contribution in [-0.4, -0.2) is 46.8 Å². The van der Waals surface area contributed by atoms with Crippen molar-refractivity contribution < 1.29 is 0 Å². The highest BCUT2D eigenvalue weighted by atomic mass is 32.2. The topological polar surface area (TPSA) is 41.1 Å². The molecule has 0 amide bonds. The lowest BCUT2D eigenvalue weighted by Crippen LogP contribution is -2.44. The number of hydrogen-bond donors (Lipinski definition) is 1. The summed E-state index contributed by atoms with van der Waals surface area (Å²) >= 11 is 1.75. The van der Waals surface area contributed by atoms with Crippen LogP contribution >= 0.6 is 11.8 Å². The molecule has 116 valence electrons. The summed E-state index contributed by atoms with van der Waals surface area (Å²) in [7, 11) is 0. The zero-order valence-corrected chi connectivity index (χ0v) is 13.8. The van der Waals surface area contributed by atoms with Crippen molar-refractivity contribution in [3.63, 3.8) is 0 Å². The monoisotopic (exact) mass is 306 g/mol. The Morgan fingerprint density at radius 1 is 1.33 bits per heavy atom. The minimum absolute atomic E-state index is 0.538. The Labute approximate surface area is 132 Å². The Kier molecular flexibility index (Phi) is 5.14. The molecule has 2 fully saturated rings. The summed E-state index contributed by atoms with van der Waals surface area (Å²) in [6.45, 7) is 8.03. The van der Waals surface area contributed by atoms with Gasteiger partial charge in [0.1, 0.15) is 0 Å². The first-order valence-electron chi connectivity index (χ1n) is 8.16. The standard InChI is InChI=1S/C16H26N4S/c1-2-8-21-15-18-9-14(10-19-15)11-20-7-3-4-16(13-20)5-6-17-12-16/h9-10,17H,2-8,11-13H2,1H3/t16-/m1/s1. The van der Waals surface area contributed by atoms with Crippen LogP contribution in [0.5, 0.6) is 0 Å². The SMILES string of the molecule is CCCSc1ncc(CN2CCC[C@]3(CCNC3)C2)cn1. The molecule has 1 aromatic rings. The quantitative estimate of drug-likeness (QED) is 0.669. The van der Waals surface area contributed by atoms with Crippen LogP contribution in [0.2, 0.25) is 0 Å². The molecule has 3 heterocycles. The predicted octanol–water partition coefficient (Wildman–Crippen LogP) is 2.55. The Balaban J connectivity index is 1.55. The van der Waals surface area contributed by atoms with E-state index in [1.54, 1.807) is 11.8 Å². The molecule has 2 aliphatic heterocycles. The average Bonchev–Trinajstić information content (AvgIpc) is 2.94. The van der Waals surface area contributed by atoms with Gasteiger partial charge in [0.05, 0.1) is 0 Å². The fourth-order valence-electron chi connectivity index (χ4n) is 3.54. The highest BCUT2D eigenvalue weighted by molar-refractivity contribution is 7.99. The van der Waals surface area contributed by atoms with Crippen molar-refractivity contribution in [2.75, 3.05) is 31.9 Å². The van der Waals surface area contributed by atoms with E-state index in [1.807, 2.05) is 12.4 Å². The smallest absolute Gasteiger partial charge is 0.187 e. The maximum atomic E-state index is 4.48. The second kappa shape index (κ2) is 7.07. The number of rotatable bonds is 5. The van der Waals surface area contributed by atoms with E-state index in [0.29, 0.717) is 5.41 Å². The second-order valence-electron chi connectivity index (χ2n) is 6.46. The molecule has 1 spiro atoms. The van der Waals surface area contributed by atoms with E-state index in [1.165, 1.54) is 57.4 Å². The molecule has 1 atom stereocenters. The lowest BCUT2D eigenvalue weighted by atomic mass is 9.79. The molecule has 0 bridgehead atoms. The fourth-order valence-corrected chi connectivity index (χ4v) is 4.18. The predicted molar refractivity (Wildman–Crippen MR) is 87.5 cm³/mol. The normalized spacial score (nSPS) is 26.5. The van der Waals surface area contributed by atoms with Crippen molar-refractivity contribution in [3.05, 3.63) is 18.0 Å². The van der Waals surface area contributed by atoms with Crippen molar-refractivity contribution in [2.45, 2.75) is 44.3 Å². The number of nitrogens with one attached hydrogen (secondary N) is 1. The highest BCUT2D eigenvalue weighted by Gasteiger charge is 2.37. The van der Waals surface area contributed by atoms with Crippen LogP contribution in [-0.2, 0) is 6.54 Å². The summed E-state index contributed by atoms with van der Waals surface area (Å²) in [6.07, 6.45) is 9.25. The number of likely N-dealkylation sites (tertiary alicyclic amines) is 1. The van der Waals surface area contributed by atoms with Crippen LogP contribution in [0.4, 0.5) is 0 Å². The molecular weight excluding hydrogens is 280 g/mol. The van der Waals surface area contributed by atoms with Crippen molar-refractivity contribution in [2.24, 2.45) is 5.41 Å². The Hall–Kier alpha value is -0.650. The molecule has 1 aromatic heterocycles. The van der Waals surface area contributed by atoms with Crippen molar-refractivity contribution in [1.82, 2.24) is 20.2 Å². The van der Waals surface area contributed by atoms with Crippen molar-refractivity contribution in [1.29, 1.82) is 0 Å². The van der Waals surface area contributed by atoms with Gasteiger partial charge in [-0.3, -0.25) is 4.90 Å². The van der Waals surface area contributed by atoms with E-state index in [-0.39, 0.29) is 0 Å². The third-order valence-electron chi connectivity index (χ3n) is 4.60. The van der Waals surface area contributed by atoms with Gasteiger partial charge in [-0.25, -0.2) is 9.97 Å². The van der Waals surface area contributed by atoms with Gasteiger partial charge in [-0.1, -0.05) is 18.7 Å². The molecule has 2 saturated heterocycles.